The summed E-state index contributed by atoms with van der Waals surface area (Å²) < 4.78 is 9.52. The van der Waals surface area contributed by atoms with E-state index in [1.807, 2.05) is 0 Å². The van der Waals surface area contributed by atoms with Crippen molar-refractivity contribution >= 4 is 11.9 Å². The van der Waals surface area contributed by atoms with Gasteiger partial charge in [-0.25, -0.2) is 4.79 Å². The first kappa shape index (κ1) is 12.9. The first-order valence-corrected chi connectivity index (χ1v) is 4.32. The molecule has 0 atom stereocenters. The van der Waals surface area contributed by atoms with E-state index in [4.69, 9.17) is 4.74 Å². The predicted molar refractivity (Wildman–Crippen MR) is 51.1 cm³/mol. The Bertz CT molecular complexity index is 207. The molecule has 14 heavy (non-hydrogen) atoms. The smallest absolute Gasteiger partial charge is 0.408 e. The van der Waals surface area contributed by atoms with Crippen molar-refractivity contribution in [2.45, 2.75) is 26.4 Å². The average Bonchev–Trinajstić information content (AvgIpc) is 1.98. The van der Waals surface area contributed by atoms with Gasteiger partial charge in [0.1, 0.15) is 12.2 Å². The van der Waals surface area contributed by atoms with Crippen molar-refractivity contribution in [1.29, 1.82) is 0 Å². The molecule has 0 fully saturated rings. The highest BCUT2D eigenvalue weighted by atomic mass is 16.6. The third-order valence-electron chi connectivity index (χ3n) is 1.13. The zero-order chi connectivity index (χ0) is 11.2. The number of ketones is 1. The number of hydrogen-bond acceptors (Lipinski definition) is 4. The molecule has 5 nitrogen and oxygen atoms in total. The van der Waals surface area contributed by atoms with Gasteiger partial charge < -0.3 is 14.8 Å². The Hall–Kier alpha value is -1.10. The minimum Gasteiger partial charge on any atom is -0.444 e. The fourth-order valence-electron chi connectivity index (χ4n) is 0.697. The lowest BCUT2D eigenvalue weighted by Gasteiger charge is -2.19. The highest BCUT2D eigenvalue weighted by Gasteiger charge is 2.16. The van der Waals surface area contributed by atoms with Gasteiger partial charge in [0, 0.05) is 7.11 Å². The summed E-state index contributed by atoms with van der Waals surface area (Å²) in [5.41, 5.74) is -0.547. The van der Waals surface area contributed by atoms with E-state index in [-0.39, 0.29) is 18.9 Å². The molecule has 0 aliphatic rings. The molecule has 0 spiro atoms. The number of alkyl carbamates (subject to hydrolysis) is 1. The molecule has 0 aliphatic carbocycles. The Morgan fingerprint density at radius 1 is 1.29 bits per heavy atom. The van der Waals surface area contributed by atoms with Crippen molar-refractivity contribution in [2.24, 2.45) is 0 Å². The normalized spacial score (nSPS) is 10.9. The molecule has 82 valence electrons. The van der Waals surface area contributed by atoms with Crippen molar-refractivity contribution < 1.29 is 19.1 Å². The second-order valence-corrected chi connectivity index (χ2v) is 3.83. The van der Waals surface area contributed by atoms with Crippen LogP contribution in [0, 0.1) is 0 Å². The summed E-state index contributed by atoms with van der Waals surface area (Å²) in [5.74, 6) is -0.196. The van der Waals surface area contributed by atoms with Gasteiger partial charge in [0.2, 0.25) is 0 Å². The van der Waals surface area contributed by atoms with Crippen LogP contribution < -0.4 is 5.32 Å². The third kappa shape index (κ3) is 7.54. The molecule has 0 heterocycles. The predicted octanol–water partition coefficient (Wildman–Crippen LogP) is 0.727. The molecule has 1 N–H and O–H groups in total. The van der Waals surface area contributed by atoms with Crippen molar-refractivity contribution in [3.05, 3.63) is 0 Å². The van der Waals surface area contributed by atoms with Crippen molar-refractivity contribution in [1.82, 2.24) is 5.32 Å². The average molecular weight is 203 g/mol. The van der Waals surface area contributed by atoms with Crippen molar-refractivity contribution in [3.8, 4) is 0 Å². The van der Waals surface area contributed by atoms with Crippen LogP contribution in [0.3, 0.4) is 0 Å². The monoisotopic (exact) mass is 203 g/mol. The van der Waals surface area contributed by atoms with Gasteiger partial charge in [-0.3, -0.25) is 4.79 Å². The van der Waals surface area contributed by atoms with Crippen LogP contribution in [0.1, 0.15) is 20.8 Å². The zero-order valence-corrected chi connectivity index (χ0v) is 9.05. The van der Waals surface area contributed by atoms with E-state index in [1.165, 1.54) is 7.11 Å². The summed E-state index contributed by atoms with van der Waals surface area (Å²) in [6, 6.07) is 0. The number of ether oxygens (including phenoxy) is 2. The quantitative estimate of drug-likeness (QED) is 0.731. The van der Waals surface area contributed by atoms with E-state index in [9.17, 15) is 9.59 Å². The molecule has 0 saturated carbocycles. The van der Waals surface area contributed by atoms with Crippen LogP contribution in [0.4, 0.5) is 4.79 Å². The van der Waals surface area contributed by atoms with Gasteiger partial charge in [0.25, 0.3) is 0 Å². The van der Waals surface area contributed by atoms with E-state index in [1.54, 1.807) is 20.8 Å². The third-order valence-corrected chi connectivity index (χ3v) is 1.13. The number of carbonyl (C=O) groups is 2. The van der Waals surface area contributed by atoms with Gasteiger partial charge in [0.15, 0.2) is 5.78 Å². The highest BCUT2D eigenvalue weighted by Crippen LogP contribution is 2.05. The Morgan fingerprint density at radius 2 is 1.86 bits per heavy atom. The van der Waals surface area contributed by atoms with E-state index < -0.39 is 11.7 Å². The van der Waals surface area contributed by atoms with Crippen LogP contribution in [-0.4, -0.2) is 37.7 Å². The lowest BCUT2D eigenvalue weighted by atomic mass is 10.2. The van der Waals surface area contributed by atoms with Crippen LogP contribution in [-0.2, 0) is 14.3 Å². The summed E-state index contributed by atoms with van der Waals surface area (Å²) >= 11 is 0. The molecule has 0 bridgehead atoms. The lowest BCUT2D eigenvalue weighted by Crippen LogP contribution is -2.36. The zero-order valence-electron chi connectivity index (χ0n) is 9.05. The largest absolute Gasteiger partial charge is 0.444 e. The van der Waals surface area contributed by atoms with Gasteiger partial charge in [-0.05, 0) is 20.8 Å². The molecular formula is C9H17NO4. The number of rotatable bonds is 4. The number of methoxy groups -OCH3 is 1. The number of Topliss-reactive ketones (excluding diaryl/α,β-unsaturated/α-hetero) is 1. The number of carbonyl (C=O) groups excluding carboxylic acids is 2. The summed E-state index contributed by atoms with van der Waals surface area (Å²) in [6.45, 7) is 5.19. The van der Waals surface area contributed by atoms with Crippen molar-refractivity contribution in [3.63, 3.8) is 0 Å². The molecule has 0 aromatic heterocycles. The molecule has 0 saturated heterocycles. The maximum absolute atomic E-state index is 11.0. The van der Waals surface area contributed by atoms with E-state index in [2.05, 4.69) is 10.1 Å². The fraction of sp³-hybridized carbons (Fsp3) is 0.778. The van der Waals surface area contributed by atoms with Gasteiger partial charge in [-0.1, -0.05) is 0 Å². The summed E-state index contributed by atoms with van der Waals surface area (Å²) in [4.78, 5) is 22.0. The van der Waals surface area contributed by atoms with Gasteiger partial charge in [-0.2, -0.15) is 0 Å². The molecule has 0 radical (unpaired) electrons. The Balaban J connectivity index is 3.70. The second-order valence-electron chi connectivity index (χ2n) is 3.83. The fourth-order valence-corrected chi connectivity index (χ4v) is 0.697. The molecular weight excluding hydrogens is 186 g/mol. The summed E-state index contributed by atoms with van der Waals surface area (Å²) in [5, 5.41) is 2.33. The van der Waals surface area contributed by atoms with Crippen LogP contribution in [0.25, 0.3) is 0 Å². The van der Waals surface area contributed by atoms with E-state index in [0.717, 1.165) is 0 Å². The van der Waals surface area contributed by atoms with Crippen LogP contribution in [0.5, 0.6) is 0 Å². The first-order valence-electron chi connectivity index (χ1n) is 4.32. The maximum Gasteiger partial charge on any atom is 0.408 e. The SMILES string of the molecule is COCC(=O)CNC(=O)OC(C)(C)C. The second kappa shape index (κ2) is 5.59. The maximum atomic E-state index is 11.0. The van der Waals surface area contributed by atoms with E-state index in [0.29, 0.717) is 0 Å². The van der Waals surface area contributed by atoms with Crippen LogP contribution in [0.2, 0.25) is 0 Å². The van der Waals surface area contributed by atoms with Crippen LogP contribution in [0.15, 0.2) is 0 Å². The minimum absolute atomic E-state index is 0.00417. The molecule has 0 aromatic carbocycles. The van der Waals surface area contributed by atoms with Gasteiger partial charge >= 0.3 is 6.09 Å². The minimum atomic E-state index is -0.595. The summed E-state index contributed by atoms with van der Waals surface area (Å²) in [6.07, 6.45) is -0.595. The number of nitrogens with one attached hydrogen (secondary N) is 1. The van der Waals surface area contributed by atoms with Gasteiger partial charge in [0.05, 0.1) is 6.54 Å². The van der Waals surface area contributed by atoms with Crippen molar-refractivity contribution in [2.75, 3.05) is 20.3 Å². The standard InChI is InChI=1S/C9H17NO4/c1-9(2,3)14-8(12)10-5-7(11)6-13-4/h5-6H2,1-4H3,(H,10,12). The number of amides is 1. The Morgan fingerprint density at radius 3 is 2.29 bits per heavy atom. The van der Waals surface area contributed by atoms with E-state index >= 15 is 0 Å². The molecule has 5 heteroatoms. The molecule has 1 amide bonds. The Kier molecular flexibility index (Phi) is 5.15. The molecule has 0 unspecified atom stereocenters. The topological polar surface area (TPSA) is 64.6 Å². The highest BCUT2D eigenvalue weighted by molar-refractivity contribution is 5.84. The van der Waals surface area contributed by atoms with Crippen LogP contribution >= 0.6 is 0 Å². The first-order chi connectivity index (χ1) is 6.35. The molecule has 0 rings (SSSR count). The molecule has 0 aliphatic heterocycles. The molecule has 0 aromatic rings. The number of hydrogen-bond donors (Lipinski definition) is 1. The summed E-state index contributed by atoms with van der Waals surface area (Å²) in [7, 11) is 1.42. The lowest BCUT2D eigenvalue weighted by molar-refractivity contribution is -0.121. The van der Waals surface area contributed by atoms with Gasteiger partial charge in [-0.15, -0.1) is 0 Å². The Labute approximate surface area is 83.8 Å².